The maximum Gasteiger partial charge on any atom is 0.236 e. The molecule has 5 rings (SSSR count). The standard InChI is InChI=1S/C20H19N5OS3/c1-2-4-13-11-5-3-6-12(11)15-16-17(29-18(15)24-13)19(23-10-22-16)28-9-14(26)25-20-21-7-8-27-20/h7-8,10H,2-6,9H2,1H3,(H,21,25,26). The number of thiazole rings is 1. The average Bonchev–Trinajstić information content (AvgIpc) is 3.45. The maximum atomic E-state index is 12.2. The summed E-state index contributed by atoms with van der Waals surface area (Å²) >= 11 is 4.50. The number of anilines is 1. The van der Waals surface area contributed by atoms with Crippen LogP contribution in [0.15, 0.2) is 22.9 Å². The fourth-order valence-corrected chi connectivity index (χ4v) is 6.48. The highest BCUT2D eigenvalue weighted by Crippen LogP contribution is 2.42. The van der Waals surface area contributed by atoms with Crippen molar-refractivity contribution in [3.63, 3.8) is 0 Å². The van der Waals surface area contributed by atoms with E-state index in [-0.39, 0.29) is 11.7 Å². The van der Waals surface area contributed by atoms with Gasteiger partial charge in [0.25, 0.3) is 0 Å². The van der Waals surface area contributed by atoms with Crippen molar-refractivity contribution in [1.29, 1.82) is 0 Å². The summed E-state index contributed by atoms with van der Waals surface area (Å²) < 4.78 is 1.03. The lowest BCUT2D eigenvalue weighted by Crippen LogP contribution is -2.13. The summed E-state index contributed by atoms with van der Waals surface area (Å²) in [6.07, 6.45) is 8.82. The van der Waals surface area contributed by atoms with Crippen LogP contribution in [0.2, 0.25) is 0 Å². The summed E-state index contributed by atoms with van der Waals surface area (Å²) in [4.78, 5) is 31.5. The first-order valence-corrected chi connectivity index (χ1v) is 12.3. The van der Waals surface area contributed by atoms with E-state index in [1.807, 2.05) is 5.38 Å². The van der Waals surface area contributed by atoms with Gasteiger partial charge in [-0.15, -0.1) is 22.7 Å². The van der Waals surface area contributed by atoms with Crippen molar-refractivity contribution in [1.82, 2.24) is 19.9 Å². The molecule has 148 valence electrons. The van der Waals surface area contributed by atoms with E-state index in [9.17, 15) is 4.79 Å². The normalized spacial score (nSPS) is 13.3. The summed E-state index contributed by atoms with van der Waals surface area (Å²) in [5.41, 5.74) is 5.11. The molecule has 1 aliphatic carbocycles. The highest BCUT2D eigenvalue weighted by atomic mass is 32.2. The molecule has 1 N–H and O–H groups in total. The molecule has 0 unspecified atom stereocenters. The molecule has 0 spiro atoms. The molecule has 29 heavy (non-hydrogen) atoms. The van der Waals surface area contributed by atoms with E-state index in [1.54, 1.807) is 23.9 Å². The fourth-order valence-electron chi connectivity index (χ4n) is 3.88. The Morgan fingerprint density at radius 3 is 2.97 bits per heavy atom. The number of thioether (sulfide) groups is 1. The lowest BCUT2D eigenvalue weighted by molar-refractivity contribution is -0.113. The second-order valence-corrected chi connectivity index (χ2v) is 9.79. The molecule has 0 aromatic carbocycles. The Morgan fingerprint density at radius 2 is 2.14 bits per heavy atom. The van der Waals surface area contributed by atoms with Crippen molar-refractivity contribution in [3.05, 3.63) is 34.7 Å². The quantitative estimate of drug-likeness (QED) is 0.340. The van der Waals surface area contributed by atoms with Crippen LogP contribution in [0.3, 0.4) is 0 Å². The number of carbonyl (C=O) groups is 1. The number of amides is 1. The van der Waals surface area contributed by atoms with Crippen molar-refractivity contribution in [2.75, 3.05) is 11.1 Å². The van der Waals surface area contributed by atoms with Crippen LogP contribution < -0.4 is 5.32 Å². The Labute approximate surface area is 180 Å². The van der Waals surface area contributed by atoms with Gasteiger partial charge in [-0.2, -0.15) is 0 Å². The predicted octanol–water partition coefficient (Wildman–Crippen LogP) is 4.87. The number of fused-ring (bicyclic) bond motifs is 5. The third-order valence-electron chi connectivity index (χ3n) is 5.03. The number of aryl methyl sites for hydroxylation is 2. The van der Waals surface area contributed by atoms with E-state index in [2.05, 4.69) is 27.2 Å². The van der Waals surface area contributed by atoms with Crippen molar-refractivity contribution in [2.45, 2.75) is 44.1 Å². The number of rotatable bonds is 6. The molecular weight excluding hydrogens is 422 g/mol. The van der Waals surface area contributed by atoms with E-state index in [1.165, 1.54) is 51.7 Å². The number of carbonyl (C=O) groups excluding carboxylic acids is 1. The van der Waals surface area contributed by atoms with Crippen LogP contribution in [-0.2, 0) is 24.1 Å². The number of nitrogens with zero attached hydrogens (tertiary/aromatic N) is 4. The van der Waals surface area contributed by atoms with Crippen LogP contribution >= 0.6 is 34.4 Å². The zero-order valence-corrected chi connectivity index (χ0v) is 18.3. The molecular formula is C20H19N5OS3. The fraction of sp³-hybridized carbons (Fsp3) is 0.350. The Kier molecular flexibility index (Phi) is 5.19. The van der Waals surface area contributed by atoms with Gasteiger partial charge in [0.15, 0.2) is 5.13 Å². The number of nitrogens with one attached hydrogen (secondary N) is 1. The van der Waals surface area contributed by atoms with Crippen LogP contribution in [0.5, 0.6) is 0 Å². The van der Waals surface area contributed by atoms with Gasteiger partial charge in [-0.1, -0.05) is 25.1 Å². The minimum absolute atomic E-state index is 0.0814. The molecule has 1 aliphatic rings. The number of thiophene rings is 1. The predicted molar refractivity (Wildman–Crippen MR) is 120 cm³/mol. The van der Waals surface area contributed by atoms with Gasteiger partial charge >= 0.3 is 0 Å². The topological polar surface area (TPSA) is 80.7 Å². The van der Waals surface area contributed by atoms with E-state index in [4.69, 9.17) is 4.98 Å². The van der Waals surface area contributed by atoms with Gasteiger partial charge < -0.3 is 5.32 Å². The summed E-state index contributed by atoms with van der Waals surface area (Å²) in [6, 6.07) is 0. The van der Waals surface area contributed by atoms with Gasteiger partial charge in [-0.3, -0.25) is 4.79 Å². The number of pyridine rings is 1. The van der Waals surface area contributed by atoms with Gasteiger partial charge in [0.2, 0.25) is 5.91 Å². The molecule has 6 nitrogen and oxygen atoms in total. The molecule has 0 saturated heterocycles. The van der Waals surface area contributed by atoms with Gasteiger partial charge in [0.05, 0.1) is 16.0 Å². The molecule has 0 aliphatic heterocycles. The summed E-state index contributed by atoms with van der Waals surface area (Å²) in [5, 5.41) is 7.32. The molecule has 4 aromatic heterocycles. The first kappa shape index (κ1) is 18.9. The SMILES string of the molecule is CCCc1nc2sc3c(SCC(=O)Nc4nccs4)ncnc3c2c2c1CCC2. The number of aromatic nitrogens is 4. The summed E-state index contributed by atoms with van der Waals surface area (Å²) in [6.45, 7) is 2.20. The average molecular weight is 442 g/mol. The monoisotopic (exact) mass is 441 g/mol. The van der Waals surface area contributed by atoms with Gasteiger partial charge in [-0.25, -0.2) is 19.9 Å². The Balaban J connectivity index is 1.50. The maximum absolute atomic E-state index is 12.2. The largest absolute Gasteiger partial charge is 0.301 e. The van der Waals surface area contributed by atoms with Gasteiger partial charge in [0, 0.05) is 22.7 Å². The van der Waals surface area contributed by atoms with Crippen LogP contribution in [0, 0.1) is 0 Å². The molecule has 0 fully saturated rings. The molecule has 4 heterocycles. The van der Waals surface area contributed by atoms with Crippen molar-refractivity contribution in [2.24, 2.45) is 0 Å². The van der Waals surface area contributed by atoms with Crippen molar-refractivity contribution in [3.8, 4) is 0 Å². The molecule has 4 aromatic rings. The third-order valence-corrected chi connectivity index (χ3v) is 7.92. The highest BCUT2D eigenvalue weighted by molar-refractivity contribution is 8.00. The summed E-state index contributed by atoms with van der Waals surface area (Å²) in [5.74, 6) is 0.203. The molecule has 0 atom stereocenters. The Hall–Kier alpha value is -2.10. The van der Waals surface area contributed by atoms with Crippen LogP contribution in [0.1, 0.15) is 36.6 Å². The van der Waals surface area contributed by atoms with Gasteiger partial charge in [0.1, 0.15) is 16.2 Å². The first-order valence-electron chi connectivity index (χ1n) is 9.64. The van der Waals surface area contributed by atoms with E-state index >= 15 is 0 Å². The molecule has 0 saturated carbocycles. The van der Waals surface area contributed by atoms with Gasteiger partial charge in [-0.05, 0) is 36.8 Å². The van der Waals surface area contributed by atoms with Crippen LogP contribution in [-0.4, -0.2) is 31.6 Å². The molecule has 9 heteroatoms. The molecule has 1 amide bonds. The summed E-state index contributed by atoms with van der Waals surface area (Å²) in [7, 11) is 0. The van der Waals surface area contributed by atoms with E-state index in [0.717, 1.165) is 45.8 Å². The Bertz CT molecular complexity index is 1200. The second kappa shape index (κ2) is 7.97. The zero-order chi connectivity index (χ0) is 19.8. The smallest absolute Gasteiger partial charge is 0.236 e. The molecule has 0 bridgehead atoms. The highest BCUT2D eigenvalue weighted by Gasteiger charge is 2.24. The van der Waals surface area contributed by atoms with E-state index < -0.39 is 0 Å². The molecule has 0 radical (unpaired) electrons. The zero-order valence-electron chi connectivity index (χ0n) is 15.9. The lowest BCUT2D eigenvalue weighted by atomic mass is 10.0. The van der Waals surface area contributed by atoms with Crippen molar-refractivity contribution < 1.29 is 4.79 Å². The minimum Gasteiger partial charge on any atom is -0.301 e. The number of hydrogen-bond acceptors (Lipinski definition) is 8. The second-order valence-electron chi connectivity index (χ2n) is 6.93. The first-order chi connectivity index (χ1) is 14.2. The van der Waals surface area contributed by atoms with Crippen molar-refractivity contribution >= 4 is 65.9 Å². The van der Waals surface area contributed by atoms with Crippen LogP contribution in [0.25, 0.3) is 20.4 Å². The van der Waals surface area contributed by atoms with Crippen LogP contribution in [0.4, 0.5) is 5.13 Å². The van der Waals surface area contributed by atoms with E-state index in [0.29, 0.717) is 5.13 Å². The Morgan fingerprint density at radius 1 is 1.24 bits per heavy atom. The number of hydrogen-bond donors (Lipinski definition) is 1. The third kappa shape index (κ3) is 3.51. The minimum atomic E-state index is -0.0814. The lowest BCUT2D eigenvalue weighted by Gasteiger charge is -2.08.